The molecule has 0 spiro atoms. The summed E-state index contributed by atoms with van der Waals surface area (Å²) in [6.07, 6.45) is 5.45. The van der Waals surface area contributed by atoms with E-state index in [1.807, 2.05) is 18.2 Å². The van der Waals surface area contributed by atoms with Gasteiger partial charge in [0.1, 0.15) is 18.0 Å². The molecule has 2 aromatic rings. The van der Waals surface area contributed by atoms with Gasteiger partial charge in [-0.15, -0.1) is 0 Å². The van der Waals surface area contributed by atoms with Gasteiger partial charge in [0.05, 0.1) is 17.4 Å². The molecular weight excluding hydrogens is 387 g/mol. The minimum Gasteiger partial charge on any atom is -0.355 e. The number of rotatable bonds is 4. The van der Waals surface area contributed by atoms with Crippen LogP contribution in [0.15, 0.2) is 40.5 Å². The highest BCUT2D eigenvalue weighted by Gasteiger charge is 2.26. The number of nitrogens with zero attached hydrogens (tertiary/aromatic N) is 3. The molecular formula is C18H24ClN4OPS. The van der Waals surface area contributed by atoms with Gasteiger partial charge < -0.3 is 15.2 Å². The van der Waals surface area contributed by atoms with Gasteiger partial charge in [-0.2, -0.15) is 0 Å². The van der Waals surface area contributed by atoms with Crippen molar-refractivity contribution in [1.29, 1.82) is 0 Å². The molecule has 5 nitrogen and oxygen atoms in total. The second-order valence-electron chi connectivity index (χ2n) is 7.40. The topological polar surface area (TPSA) is 72.1 Å². The first-order chi connectivity index (χ1) is 12.2. The fourth-order valence-electron chi connectivity index (χ4n) is 2.88. The van der Waals surface area contributed by atoms with Crippen molar-refractivity contribution in [2.45, 2.75) is 35.2 Å². The van der Waals surface area contributed by atoms with E-state index in [1.54, 1.807) is 25.7 Å². The number of piperidine rings is 1. The van der Waals surface area contributed by atoms with Gasteiger partial charge in [-0.3, -0.25) is 0 Å². The van der Waals surface area contributed by atoms with E-state index >= 15 is 0 Å². The minimum absolute atomic E-state index is 0.0839. The van der Waals surface area contributed by atoms with E-state index in [9.17, 15) is 4.57 Å². The first kappa shape index (κ1) is 19.7. The quantitative estimate of drug-likeness (QED) is 0.772. The van der Waals surface area contributed by atoms with Crippen molar-refractivity contribution in [3.05, 3.63) is 35.6 Å². The monoisotopic (exact) mass is 410 g/mol. The molecule has 140 valence electrons. The first-order valence-electron chi connectivity index (χ1n) is 8.53. The maximum atomic E-state index is 12.4. The standard InChI is InChI=1S/C18H24ClN4OPS/c1-18(20)7-9-23(10-8-18)15-11-22-16(12-21-15)26-14-6-4-5-13(17(14)19)25(2,3)24/h4-6,11-12H,7-10,20H2,1-3H3. The fourth-order valence-corrected chi connectivity index (χ4v) is 5.63. The van der Waals surface area contributed by atoms with Gasteiger partial charge in [-0.25, -0.2) is 9.97 Å². The van der Waals surface area contributed by atoms with Crippen LogP contribution in [0, 0.1) is 0 Å². The molecule has 1 aromatic carbocycles. The molecule has 2 N–H and O–H groups in total. The lowest BCUT2D eigenvalue weighted by Crippen LogP contribution is -2.48. The normalized spacial score (nSPS) is 17.3. The van der Waals surface area contributed by atoms with E-state index in [4.69, 9.17) is 17.3 Å². The Kier molecular flexibility index (Phi) is 5.69. The van der Waals surface area contributed by atoms with Crippen molar-refractivity contribution >= 4 is 41.6 Å². The number of anilines is 1. The molecule has 1 aliphatic heterocycles. The van der Waals surface area contributed by atoms with Gasteiger partial charge in [0.2, 0.25) is 0 Å². The van der Waals surface area contributed by atoms with Crippen LogP contribution in [-0.2, 0) is 4.57 Å². The van der Waals surface area contributed by atoms with Gasteiger partial charge in [0.15, 0.2) is 0 Å². The summed E-state index contributed by atoms with van der Waals surface area (Å²) in [5.41, 5.74) is 6.10. The number of benzene rings is 1. The fraction of sp³-hybridized carbons (Fsp3) is 0.444. The summed E-state index contributed by atoms with van der Waals surface area (Å²) in [7, 11) is -2.42. The van der Waals surface area contributed by atoms with Crippen molar-refractivity contribution < 1.29 is 4.57 Å². The third-order valence-corrected chi connectivity index (χ3v) is 7.75. The summed E-state index contributed by atoms with van der Waals surface area (Å²) >= 11 is 7.90. The van der Waals surface area contributed by atoms with Crippen LogP contribution in [0.25, 0.3) is 0 Å². The third kappa shape index (κ3) is 4.61. The Morgan fingerprint density at radius 2 is 1.92 bits per heavy atom. The Morgan fingerprint density at radius 1 is 1.23 bits per heavy atom. The average molecular weight is 411 g/mol. The van der Waals surface area contributed by atoms with Crippen LogP contribution in [0.4, 0.5) is 5.82 Å². The maximum absolute atomic E-state index is 12.4. The SMILES string of the molecule is CC1(N)CCN(c2cnc(Sc3cccc(P(C)(C)=O)c3Cl)cn2)CC1. The Labute approximate surface area is 164 Å². The van der Waals surface area contributed by atoms with Crippen LogP contribution in [0.5, 0.6) is 0 Å². The zero-order valence-corrected chi connectivity index (χ0v) is 17.7. The zero-order chi connectivity index (χ0) is 18.9. The van der Waals surface area contributed by atoms with E-state index in [-0.39, 0.29) is 5.54 Å². The van der Waals surface area contributed by atoms with Crippen molar-refractivity contribution in [3.8, 4) is 0 Å². The molecule has 0 saturated carbocycles. The molecule has 26 heavy (non-hydrogen) atoms. The van der Waals surface area contributed by atoms with Crippen LogP contribution in [-0.4, -0.2) is 41.9 Å². The highest BCUT2D eigenvalue weighted by Crippen LogP contribution is 2.41. The van der Waals surface area contributed by atoms with Crippen molar-refractivity contribution in [3.63, 3.8) is 0 Å². The summed E-state index contributed by atoms with van der Waals surface area (Å²) < 4.78 is 12.4. The van der Waals surface area contributed by atoms with Gasteiger partial charge in [-0.05, 0) is 45.2 Å². The highest BCUT2D eigenvalue weighted by atomic mass is 35.5. The Morgan fingerprint density at radius 3 is 2.50 bits per heavy atom. The van der Waals surface area contributed by atoms with E-state index in [0.29, 0.717) is 10.3 Å². The maximum Gasteiger partial charge on any atom is 0.147 e. The van der Waals surface area contributed by atoms with Crippen molar-refractivity contribution in [1.82, 2.24) is 9.97 Å². The number of nitrogens with two attached hydrogens (primary N) is 1. The van der Waals surface area contributed by atoms with Crippen LogP contribution < -0.4 is 15.9 Å². The molecule has 0 aliphatic carbocycles. The van der Waals surface area contributed by atoms with Crippen LogP contribution in [0.2, 0.25) is 5.02 Å². The molecule has 0 unspecified atom stereocenters. The molecule has 0 bridgehead atoms. The molecule has 1 aromatic heterocycles. The average Bonchev–Trinajstić information content (AvgIpc) is 2.56. The van der Waals surface area contributed by atoms with Crippen LogP contribution in [0.3, 0.4) is 0 Å². The summed E-state index contributed by atoms with van der Waals surface area (Å²) in [6, 6.07) is 5.61. The Hall–Kier alpha value is -1.07. The summed E-state index contributed by atoms with van der Waals surface area (Å²) in [4.78, 5) is 12.1. The summed E-state index contributed by atoms with van der Waals surface area (Å²) in [5.74, 6) is 0.872. The lowest BCUT2D eigenvalue weighted by atomic mass is 9.91. The molecule has 0 radical (unpaired) electrons. The third-order valence-electron chi connectivity index (χ3n) is 4.58. The highest BCUT2D eigenvalue weighted by molar-refractivity contribution is 7.99. The lowest BCUT2D eigenvalue weighted by Gasteiger charge is -2.37. The number of hydrogen-bond acceptors (Lipinski definition) is 6. The second-order valence-corrected chi connectivity index (χ2v) is 12.0. The van der Waals surface area contributed by atoms with E-state index < -0.39 is 7.14 Å². The van der Waals surface area contributed by atoms with Gasteiger partial charge in [0, 0.05) is 28.8 Å². The Bertz CT molecular complexity index is 828. The summed E-state index contributed by atoms with van der Waals surface area (Å²) in [6.45, 7) is 7.33. The van der Waals surface area contributed by atoms with Gasteiger partial charge >= 0.3 is 0 Å². The van der Waals surface area contributed by atoms with Gasteiger partial charge in [0.25, 0.3) is 0 Å². The van der Waals surface area contributed by atoms with Crippen LogP contribution >= 0.6 is 30.5 Å². The number of halogens is 1. The Balaban J connectivity index is 1.74. The lowest BCUT2D eigenvalue weighted by molar-refractivity contribution is 0.363. The molecule has 8 heteroatoms. The second kappa shape index (κ2) is 7.51. The molecule has 1 saturated heterocycles. The smallest absolute Gasteiger partial charge is 0.147 e. The number of aromatic nitrogens is 2. The first-order valence-corrected chi connectivity index (χ1v) is 12.3. The van der Waals surface area contributed by atoms with Crippen molar-refractivity contribution in [2.24, 2.45) is 5.73 Å². The predicted molar refractivity (Wildman–Crippen MR) is 111 cm³/mol. The molecule has 1 aliphatic rings. The minimum atomic E-state index is -2.42. The van der Waals surface area contributed by atoms with E-state index in [0.717, 1.165) is 41.7 Å². The molecule has 0 atom stereocenters. The zero-order valence-electron chi connectivity index (χ0n) is 15.3. The summed E-state index contributed by atoms with van der Waals surface area (Å²) in [5, 5.41) is 2.00. The number of hydrogen-bond donors (Lipinski definition) is 1. The van der Waals surface area contributed by atoms with Crippen molar-refractivity contribution in [2.75, 3.05) is 31.3 Å². The molecule has 2 heterocycles. The van der Waals surface area contributed by atoms with E-state index in [2.05, 4.69) is 21.8 Å². The molecule has 1 fully saturated rings. The van der Waals surface area contributed by atoms with E-state index in [1.165, 1.54) is 11.8 Å². The molecule has 0 amide bonds. The largest absolute Gasteiger partial charge is 0.355 e. The van der Waals surface area contributed by atoms with Crippen LogP contribution in [0.1, 0.15) is 19.8 Å². The molecule has 3 rings (SSSR count). The van der Waals surface area contributed by atoms with Gasteiger partial charge in [-0.1, -0.05) is 29.4 Å². The predicted octanol–water partition coefficient (Wildman–Crippen LogP) is 3.85.